The molecule has 1 N–H and O–H groups in total. The predicted molar refractivity (Wildman–Crippen MR) is 79.2 cm³/mol. The zero-order valence-corrected chi connectivity index (χ0v) is 12.9. The van der Waals surface area contributed by atoms with Crippen LogP contribution in [0, 0.1) is 18.6 Å². The van der Waals surface area contributed by atoms with Crippen LogP contribution in [0.15, 0.2) is 18.2 Å². The number of benzene rings is 1. The van der Waals surface area contributed by atoms with Gasteiger partial charge in [0.05, 0.1) is 5.69 Å². The van der Waals surface area contributed by atoms with Gasteiger partial charge >= 0.3 is 0 Å². The SMILES string of the molecule is CCc1cc(CC(NC)c2cc(C)c(F)cc2F)n(C)n1. The molecule has 0 aliphatic heterocycles. The van der Waals surface area contributed by atoms with Crippen molar-refractivity contribution < 1.29 is 8.78 Å². The Morgan fingerprint density at radius 1 is 1.24 bits per heavy atom. The number of halogens is 2. The first-order chi connectivity index (χ1) is 9.96. The molecular weight excluding hydrogens is 272 g/mol. The van der Waals surface area contributed by atoms with E-state index in [4.69, 9.17) is 0 Å². The van der Waals surface area contributed by atoms with Crippen LogP contribution in [-0.2, 0) is 19.9 Å². The van der Waals surface area contributed by atoms with Crippen LogP contribution in [0.4, 0.5) is 8.78 Å². The van der Waals surface area contributed by atoms with Gasteiger partial charge in [-0.05, 0) is 38.1 Å². The van der Waals surface area contributed by atoms with Crippen molar-refractivity contribution >= 4 is 0 Å². The van der Waals surface area contributed by atoms with Gasteiger partial charge in [-0.3, -0.25) is 4.68 Å². The molecule has 21 heavy (non-hydrogen) atoms. The van der Waals surface area contributed by atoms with E-state index in [1.165, 1.54) is 0 Å². The third kappa shape index (κ3) is 3.29. The van der Waals surface area contributed by atoms with Crippen molar-refractivity contribution in [1.82, 2.24) is 15.1 Å². The fourth-order valence-corrected chi connectivity index (χ4v) is 2.46. The summed E-state index contributed by atoms with van der Waals surface area (Å²) in [5, 5.41) is 7.50. The summed E-state index contributed by atoms with van der Waals surface area (Å²) in [6.45, 7) is 3.69. The van der Waals surface area contributed by atoms with E-state index in [0.717, 1.165) is 23.9 Å². The molecular formula is C16H21F2N3. The summed E-state index contributed by atoms with van der Waals surface area (Å²) in [4.78, 5) is 0. The van der Waals surface area contributed by atoms with Gasteiger partial charge in [-0.2, -0.15) is 5.10 Å². The van der Waals surface area contributed by atoms with Crippen molar-refractivity contribution in [3.63, 3.8) is 0 Å². The van der Waals surface area contributed by atoms with Gasteiger partial charge in [0, 0.05) is 36.8 Å². The number of likely N-dealkylation sites (N-methyl/N-ethyl adjacent to an activating group) is 1. The number of aromatic nitrogens is 2. The highest BCUT2D eigenvalue weighted by molar-refractivity contribution is 5.29. The molecule has 0 aliphatic carbocycles. The van der Waals surface area contributed by atoms with Crippen molar-refractivity contribution in [1.29, 1.82) is 0 Å². The third-order valence-corrected chi connectivity index (χ3v) is 3.80. The smallest absolute Gasteiger partial charge is 0.130 e. The first kappa shape index (κ1) is 15.6. The molecule has 0 saturated carbocycles. The van der Waals surface area contributed by atoms with Crippen molar-refractivity contribution in [2.45, 2.75) is 32.7 Å². The first-order valence-corrected chi connectivity index (χ1v) is 7.10. The maximum Gasteiger partial charge on any atom is 0.130 e. The largest absolute Gasteiger partial charge is 0.313 e. The highest BCUT2D eigenvalue weighted by Gasteiger charge is 2.18. The standard InChI is InChI=1S/C16H21F2N3/c1-5-11-7-12(21(4)20-11)8-16(19-3)13-6-10(2)14(17)9-15(13)18/h6-7,9,16,19H,5,8H2,1-4H3. The van der Waals surface area contributed by atoms with Crippen LogP contribution in [0.1, 0.15) is 35.5 Å². The highest BCUT2D eigenvalue weighted by Crippen LogP contribution is 2.24. The average molecular weight is 293 g/mol. The van der Waals surface area contributed by atoms with E-state index in [9.17, 15) is 8.78 Å². The highest BCUT2D eigenvalue weighted by atomic mass is 19.1. The molecule has 0 fully saturated rings. The Morgan fingerprint density at radius 2 is 1.95 bits per heavy atom. The molecule has 1 aromatic carbocycles. The minimum absolute atomic E-state index is 0.218. The number of nitrogens with zero attached hydrogens (tertiary/aromatic N) is 2. The monoisotopic (exact) mass is 293 g/mol. The summed E-state index contributed by atoms with van der Waals surface area (Å²) in [7, 11) is 3.66. The topological polar surface area (TPSA) is 29.9 Å². The van der Waals surface area contributed by atoms with Crippen molar-refractivity contribution in [3.05, 3.63) is 52.3 Å². The molecule has 0 radical (unpaired) electrons. The van der Waals surface area contributed by atoms with E-state index >= 15 is 0 Å². The zero-order valence-electron chi connectivity index (χ0n) is 12.9. The van der Waals surface area contributed by atoms with Gasteiger partial charge in [-0.1, -0.05) is 6.92 Å². The molecule has 2 rings (SSSR count). The molecule has 1 heterocycles. The molecule has 114 valence electrons. The van der Waals surface area contributed by atoms with Crippen molar-refractivity contribution in [2.24, 2.45) is 7.05 Å². The second-order valence-corrected chi connectivity index (χ2v) is 5.27. The number of aryl methyl sites for hydroxylation is 3. The summed E-state index contributed by atoms with van der Waals surface area (Å²) in [6.07, 6.45) is 1.46. The van der Waals surface area contributed by atoms with Gasteiger partial charge in [-0.25, -0.2) is 8.78 Å². The van der Waals surface area contributed by atoms with Crippen LogP contribution < -0.4 is 5.32 Å². The lowest BCUT2D eigenvalue weighted by Gasteiger charge is -2.18. The Hall–Kier alpha value is -1.75. The van der Waals surface area contributed by atoms with Crippen LogP contribution in [0.25, 0.3) is 0 Å². The molecule has 5 heteroatoms. The normalized spacial score (nSPS) is 12.7. The van der Waals surface area contributed by atoms with Gasteiger partial charge in [0.1, 0.15) is 11.6 Å². The Labute approximate surface area is 124 Å². The molecule has 1 atom stereocenters. The van der Waals surface area contributed by atoms with Gasteiger partial charge in [0.25, 0.3) is 0 Å². The summed E-state index contributed by atoms with van der Waals surface area (Å²) >= 11 is 0. The molecule has 3 nitrogen and oxygen atoms in total. The lowest BCUT2D eigenvalue weighted by atomic mass is 9.99. The second-order valence-electron chi connectivity index (χ2n) is 5.27. The van der Waals surface area contributed by atoms with Crippen LogP contribution in [0.5, 0.6) is 0 Å². The van der Waals surface area contributed by atoms with Gasteiger partial charge < -0.3 is 5.32 Å². The summed E-state index contributed by atoms with van der Waals surface area (Å²) < 4.78 is 29.2. The van der Waals surface area contributed by atoms with E-state index in [1.54, 1.807) is 20.0 Å². The molecule has 0 aliphatic rings. The lowest BCUT2D eigenvalue weighted by Crippen LogP contribution is -2.21. The third-order valence-electron chi connectivity index (χ3n) is 3.80. The van der Waals surface area contributed by atoms with Gasteiger partial charge in [-0.15, -0.1) is 0 Å². The Morgan fingerprint density at radius 3 is 2.52 bits per heavy atom. The van der Waals surface area contributed by atoms with Crippen molar-refractivity contribution in [2.75, 3.05) is 7.05 Å². The molecule has 0 saturated heterocycles. The molecule has 2 aromatic rings. The molecule has 0 amide bonds. The van der Waals surface area contributed by atoms with E-state index in [2.05, 4.69) is 10.4 Å². The predicted octanol–water partition coefficient (Wildman–Crippen LogP) is 3.07. The maximum atomic E-state index is 14.0. The summed E-state index contributed by atoms with van der Waals surface area (Å²) in [5.41, 5.74) is 2.97. The minimum atomic E-state index is -0.518. The Bertz CT molecular complexity index is 635. The Balaban J connectivity index is 2.31. The zero-order chi connectivity index (χ0) is 15.6. The summed E-state index contributed by atoms with van der Waals surface area (Å²) in [5.74, 6) is -1.03. The number of nitrogens with one attached hydrogen (secondary N) is 1. The van der Waals surface area contributed by atoms with Crippen LogP contribution in [0.3, 0.4) is 0 Å². The van der Waals surface area contributed by atoms with E-state index in [0.29, 0.717) is 17.5 Å². The Kier molecular flexibility index (Phi) is 4.73. The van der Waals surface area contributed by atoms with Crippen LogP contribution in [-0.4, -0.2) is 16.8 Å². The number of hydrogen-bond acceptors (Lipinski definition) is 2. The number of hydrogen-bond donors (Lipinski definition) is 1. The lowest BCUT2D eigenvalue weighted by molar-refractivity contribution is 0.508. The molecule has 0 bridgehead atoms. The van der Waals surface area contributed by atoms with Crippen molar-refractivity contribution in [3.8, 4) is 0 Å². The molecule has 1 unspecified atom stereocenters. The fraction of sp³-hybridized carbons (Fsp3) is 0.438. The minimum Gasteiger partial charge on any atom is -0.313 e. The summed E-state index contributed by atoms with van der Waals surface area (Å²) in [6, 6.07) is 4.33. The van der Waals surface area contributed by atoms with E-state index < -0.39 is 11.6 Å². The van der Waals surface area contributed by atoms with E-state index in [1.807, 2.05) is 24.7 Å². The average Bonchev–Trinajstić information content (AvgIpc) is 2.81. The van der Waals surface area contributed by atoms with Gasteiger partial charge in [0.2, 0.25) is 0 Å². The van der Waals surface area contributed by atoms with Gasteiger partial charge in [0.15, 0.2) is 0 Å². The number of rotatable bonds is 5. The van der Waals surface area contributed by atoms with E-state index in [-0.39, 0.29) is 6.04 Å². The van der Waals surface area contributed by atoms with Crippen LogP contribution >= 0.6 is 0 Å². The van der Waals surface area contributed by atoms with Crippen LogP contribution in [0.2, 0.25) is 0 Å². The second kappa shape index (κ2) is 6.35. The first-order valence-electron chi connectivity index (χ1n) is 7.10. The fourth-order valence-electron chi connectivity index (χ4n) is 2.46. The quantitative estimate of drug-likeness (QED) is 0.918. The molecule has 0 spiro atoms. The maximum absolute atomic E-state index is 14.0. The molecule has 1 aromatic heterocycles.